The maximum atomic E-state index is 11.8. The molecule has 0 aliphatic heterocycles. The molecule has 0 radical (unpaired) electrons. The van der Waals surface area contributed by atoms with Crippen molar-refractivity contribution in [2.75, 3.05) is 0 Å². The lowest BCUT2D eigenvalue weighted by Gasteiger charge is -2.09. The fourth-order valence-corrected chi connectivity index (χ4v) is 0.671. The standard InChI is InChI=1S/C5H2BF6O/c7-5(8,9)4-1-3(2-13-4)6(10,11)12/h1-2H/q-1. The number of hydrogen-bond donors (Lipinski definition) is 0. The van der Waals surface area contributed by atoms with Crippen molar-refractivity contribution in [2.45, 2.75) is 6.18 Å². The van der Waals surface area contributed by atoms with Gasteiger partial charge in [0.1, 0.15) is 0 Å². The predicted octanol–water partition coefficient (Wildman–Crippen LogP) is 2.35. The van der Waals surface area contributed by atoms with Crippen molar-refractivity contribution in [1.29, 1.82) is 0 Å². The molecule has 0 aromatic carbocycles. The van der Waals surface area contributed by atoms with Crippen LogP contribution in [0.25, 0.3) is 0 Å². The summed E-state index contributed by atoms with van der Waals surface area (Å²) in [5, 5.41) is 0. The van der Waals surface area contributed by atoms with E-state index >= 15 is 0 Å². The Hall–Kier alpha value is -1.08. The van der Waals surface area contributed by atoms with Gasteiger partial charge < -0.3 is 17.4 Å². The summed E-state index contributed by atoms with van der Waals surface area (Å²) in [4.78, 5) is 0. The Labute approximate surface area is 68.4 Å². The number of rotatable bonds is 1. The summed E-state index contributed by atoms with van der Waals surface area (Å²) >= 11 is 0. The van der Waals surface area contributed by atoms with E-state index in [2.05, 4.69) is 4.42 Å². The highest BCUT2D eigenvalue weighted by molar-refractivity contribution is 6.73. The molecule has 1 heterocycles. The minimum absolute atomic E-state index is 0.0556. The molecule has 0 saturated heterocycles. The molecule has 13 heavy (non-hydrogen) atoms. The first-order valence-corrected chi connectivity index (χ1v) is 3.07. The summed E-state index contributed by atoms with van der Waals surface area (Å²) in [5.41, 5.74) is -1.38. The molecule has 74 valence electrons. The van der Waals surface area contributed by atoms with Gasteiger partial charge in [-0.25, -0.2) is 0 Å². The molecule has 0 N–H and O–H groups in total. The highest BCUT2D eigenvalue weighted by atomic mass is 19.4. The van der Waals surface area contributed by atoms with Gasteiger partial charge in [0, 0.05) is 0 Å². The number of furan rings is 1. The smallest absolute Gasteiger partial charge is 0.463 e. The van der Waals surface area contributed by atoms with Crippen molar-refractivity contribution >= 4 is 12.4 Å². The maximum Gasteiger partial charge on any atom is 0.512 e. The molecule has 0 unspecified atom stereocenters. The lowest BCUT2D eigenvalue weighted by molar-refractivity contribution is -0.153. The van der Waals surface area contributed by atoms with Crippen LogP contribution in [0, 0.1) is 0 Å². The summed E-state index contributed by atoms with van der Waals surface area (Å²) < 4.78 is 74.4. The normalized spacial score (nSPS) is 13.4. The topological polar surface area (TPSA) is 13.1 Å². The Balaban J connectivity index is 3.01. The van der Waals surface area contributed by atoms with Crippen molar-refractivity contribution in [1.82, 2.24) is 0 Å². The fraction of sp³-hybridized carbons (Fsp3) is 0.200. The van der Waals surface area contributed by atoms with Gasteiger partial charge in [0.25, 0.3) is 0 Å². The molecule has 0 amide bonds. The van der Waals surface area contributed by atoms with Crippen molar-refractivity contribution < 1.29 is 30.5 Å². The lowest BCUT2D eigenvalue weighted by atomic mass is 9.82. The van der Waals surface area contributed by atoms with E-state index in [0.717, 1.165) is 0 Å². The monoisotopic (exact) mass is 203 g/mol. The molecule has 0 atom stereocenters. The Morgan fingerprint density at radius 3 is 1.92 bits per heavy atom. The molecule has 0 saturated carbocycles. The van der Waals surface area contributed by atoms with Crippen molar-refractivity contribution in [3.8, 4) is 0 Å². The molecule has 1 aromatic heterocycles. The van der Waals surface area contributed by atoms with Crippen molar-refractivity contribution in [3.63, 3.8) is 0 Å². The molecule has 1 rings (SSSR count). The molecule has 0 spiro atoms. The minimum atomic E-state index is -5.43. The fourth-order valence-electron chi connectivity index (χ4n) is 0.671. The molecule has 0 aliphatic carbocycles. The highest BCUT2D eigenvalue weighted by Crippen LogP contribution is 2.29. The third-order valence-electron chi connectivity index (χ3n) is 1.28. The quantitative estimate of drug-likeness (QED) is 0.504. The van der Waals surface area contributed by atoms with Crippen LogP contribution in [0.1, 0.15) is 5.76 Å². The van der Waals surface area contributed by atoms with Gasteiger partial charge in [0.15, 0.2) is 0 Å². The number of alkyl halides is 3. The van der Waals surface area contributed by atoms with Gasteiger partial charge in [-0.1, -0.05) is 5.46 Å². The SMILES string of the molecule is F[B-](F)(F)c1coc(C(F)(F)F)c1. The van der Waals surface area contributed by atoms with Gasteiger partial charge in [-0.15, -0.1) is 0 Å². The van der Waals surface area contributed by atoms with Gasteiger partial charge in [-0.05, 0) is 6.07 Å². The Kier molecular flexibility index (Phi) is 2.09. The van der Waals surface area contributed by atoms with Crippen molar-refractivity contribution in [2.24, 2.45) is 0 Å². The summed E-state index contributed by atoms with van der Waals surface area (Å²) in [6.07, 6.45) is -4.82. The van der Waals surface area contributed by atoms with Crippen LogP contribution in [0.5, 0.6) is 0 Å². The van der Waals surface area contributed by atoms with E-state index in [1.807, 2.05) is 0 Å². The zero-order valence-electron chi connectivity index (χ0n) is 5.91. The van der Waals surface area contributed by atoms with E-state index in [4.69, 9.17) is 0 Å². The summed E-state index contributed by atoms with van der Waals surface area (Å²) in [5.74, 6) is -1.64. The van der Waals surface area contributed by atoms with Crippen LogP contribution in [0.3, 0.4) is 0 Å². The Morgan fingerprint density at radius 2 is 1.69 bits per heavy atom. The largest absolute Gasteiger partial charge is 0.512 e. The predicted molar refractivity (Wildman–Crippen MR) is 32.4 cm³/mol. The molecular formula is C5H2BF6O-. The zero-order chi connectivity index (χ0) is 10.3. The summed E-state index contributed by atoms with van der Waals surface area (Å²) in [6.45, 7) is -5.43. The van der Waals surface area contributed by atoms with Gasteiger partial charge >= 0.3 is 13.2 Å². The van der Waals surface area contributed by atoms with E-state index in [0.29, 0.717) is 0 Å². The Bertz CT molecular complexity index is 268. The van der Waals surface area contributed by atoms with Crippen LogP contribution < -0.4 is 5.46 Å². The van der Waals surface area contributed by atoms with E-state index in [9.17, 15) is 26.1 Å². The van der Waals surface area contributed by atoms with E-state index in [-0.39, 0.29) is 12.3 Å². The molecule has 0 bridgehead atoms. The molecule has 1 aromatic rings. The maximum absolute atomic E-state index is 11.8. The second-order valence-corrected chi connectivity index (χ2v) is 2.32. The molecule has 1 nitrogen and oxygen atoms in total. The van der Waals surface area contributed by atoms with Crippen LogP contribution in [0.15, 0.2) is 16.7 Å². The van der Waals surface area contributed by atoms with Crippen LogP contribution in [0.2, 0.25) is 0 Å². The highest BCUT2D eigenvalue weighted by Gasteiger charge is 2.37. The van der Waals surface area contributed by atoms with Crippen LogP contribution in [-0.4, -0.2) is 6.98 Å². The first-order chi connectivity index (χ1) is 5.71. The van der Waals surface area contributed by atoms with E-state index < -0.39 is 24.4 Å². The van der Waals surface area contributed by atoms with Crippen LogP contribution in [0.4, 0.5) is 26.1 Å². The van der Waals surface area contributed by atoms with E-state index in [1.165, 1.54) is 0 Å². The first-order valence-electron chi connectivity index (χ1n) is 3.07. The number of halogens is 6. The average molecular weight is 203 g/mol. The van der Waals surface area contributed by atoms with E-state index in [1.54, 1.807) is 0 Å². The summed E-state index contributed by atoms with van der Waals surface area (Å²) in [6, 6.07) is -0.0556. The molecular weight excluding hydrogens is 201 g/mol. The van der Waals surface area contributed by atoms with Crippen LogP contribution in [-0.2, 0) is 6.18 Å². The second kappa shape index (κ2) is 2.71. The van der Waals surface area contributed by atoms with Gasteiger partial charge in [0.05, 0.1) is 6.26 Å². The Morgan fingerprint density at radius 1 is 1.15 bits per heavy atom. The third-order valence-corrected chi connectivity index (χ3v) is 1.28. The van der Waals surface area contributed by atoms with Gasteiger partial charge in [-0.2, -0.15) is 13.2 Å². The first kappa shape index (κ1) is 10.0. The lowest BCUT2D eigenvalue weighted by Crippen LogP contribution is -2.32. The minimum Gasteiger partial charge on any atom is -0.463 e. The molecule has 0 aliphatic rings. The second-order valence-electron chi connectivity index (χ2n) is 2.32. The number of hydrogen-bond acceptors (Lipinski definition) is 1. The van der Waals surface area contributed by atoms with Crippen molar-refractivity contribution in [3.05, 3.63) is 18.1 Å². The third kappa shape index (κ3) is 2.19. The summed E-state index contributed by atoms with van der Waals surface area (Å²) in [7, 11) is 0. The van der Waals surface area contributed by atoms with Gasteiger partial charge in [0.2, 0.25) is 5.76 Å². The zero-order valence-corrected chi connectivity index (χ0v) is 5.91. The van der Waals surface area contributed by atoms with Gasteiger partial charge in [-0.3, -0.25) is 0 Å². The average Bonchev–Trinajstić information content (AvgIpc) is 2.28. The molecule has 0 fully saturated rings. The molecule has 8 heteroatoms. The van der Waals surface area contributed by atoms with Crippen LogP contribution >= 0.6 is 0 Å².